The maximum Gasteiger partial charge on any atom is 2.00 e. The first-order chi connectivity index (χ1) is 4.83. The number of halogens is 2. The summed E-state index contributed by atoms with van der Waals surface area (Å²) in [5.41, 5.74) is 0. The van der Waals surface area contributed by atoms with E-state index in [2.05, 4.69) is 0 Å². The van der Waals surface area contributed by atoms with Crippen LogP contribution in [0.5, 0.6) is 0 Å². The molecular formula is C8H20Cl2O2Zn. The summed E-state index contributed by atoms with van der Waals surface area (Å²) in [5.74, 6) is 0. The summed E-state index contributed by atoms with van der Waals surface area (Å²) in [6, 6.07) is 0. The zero-order chi connectivity index (χ0) is 8.24. The van der Waals surface area contributed by atoms with Crippen LogP contribution in [-0.4, -0.2) is 26.4 Å². The van der Waals surface area contributed by atoms with Crippen LogP contribution in [0.25, 0.3) is 0 Å². The summed E-state index contributed by atoms with van der Waals surface area (Å²) in [6.07, 6.45) is 0. The minimum atomic E-state index is 0. The molecule has 0 aromatic heterocycles. The average Bonchev–Trinajstić information content (AvgIpc) is 1.93. The summed E-state index contributed by atoms with van der Waals surface area (Å²) in [7, 11) is 0. The predicted octanol–water partition coefficient (Wildman–Crippen LogP) is -3.91. The number of rotatable bonds is 4. The van der Waals surface area contributed by atoms with Crippen molar-refractivity contribution in [1.29, 1.82) is 0 Å². The molecule has 0 aliphatic carbocycles. The molecular weight excluding hydrogens is 264 g/mol. The molecule has 0 aliphatic rings. The van der Waals surface area contributed by atoms with Gasteiger partial charge in [0.05, 0.1) is 0 Å². The Balaban J connectivity index is -0.0000000267. The van der Waals surface area contributed by atoms with Gasteiger partial charge in [-0.05, 0) is 27.7 Å². The van der Waals surface area contributed by atoms with Gasteiger partial charge in [-0.15, -0.1) is 0 Å². The maximum atomic E-state index is 4.83. The molecule has 0 N–H and O–H groups in total. The molecule has 0 unspecified atom stereocenters. The van der Waals surface area contributed by atoms with Crippen molar-refractivity contribution in [1.82, 2.24) is 0 Å². The fourth-order valence-corrected chi connectivity index (χ4v) is 0.408. The van der Waals surface area contributed by atoms with Gasteiger partial charge >= 0.3 is 19.5 Å². The van der Waals surface area contributed by atoms with Gasteiger partial charge in [-0.1, -0.05) is 0 Å². The fraction of sp³-hybridized carbons (Fsp3) is 1.00. The van der Waals surface area contributed by atoms with Crippen LogP contribution in [0, 0.1) is 0 Å². The van der Waals surface area contributed by atoms with Crippen LogP contribution in [0.15, 0.2) is 0 Å². The molecule has 0 saturated carbocycles. The second-order valence-electron chi connectivity index (χ2n) is 1.56. The summed E-state index contributed by atoms with van der Waals surface area (Å²) in [4.78, 5) is 0. The molecule has 0 aromatic rings. The summed E-state index contributed by atoms with van der Waals surface area (Å²) < 4.78 is 9.67. The molecule has 2 nitrogen and oxygen atoms in total. The third-order valence-corrected chi connectivity index (χ3v) is 0.816. The third-order valence-electron chi connectivity index (χ3n) is 0.816. The fourth-order valence-electron chi connectivity index (χ4n) is 0.408. The Kier molecular flexibility index (Phi) is 85.4. The average molecular weight is 285 g/mol. The van der Waals surface area contributed by atoms with Crippen LogP contribution in [0.3, 0.4) is 0 Å². The number of ether oxygens (including phenoxy) is 2. The Bertz CT molecular complexity index is 41.1. The number of hydrogen-bond donors (Lipinski definition) is 0. The largest absolute Gasteiger partial charge is 2.00 e. The first-order valence-corrected chi connectivity index (χ1v) is 3.98. The summed E-state index contributed by atoms with van der Waals surface area (Å²) in [6.45, 7) is 11.3. The van der Waals surface area contributed by atoms with Gasteiger partial charge in [-0.3, -0.25) is 0 Å². The summed E-state index contributed by atoms with van der Waals surface area (Å²) in [5, 5.41) is 0. The molecule has 0 aromatic carbocycles. The van der Waals surface area contributed by atoms with E-state index >= 15 is 0 Å². The number of hydrogen-bond acceptors (Lipinski definition) is 2. The summed E-state index contributed by atoms with van der Waals surface area (Å²) >= 11 is 0. The Hall–Kier alpha value is 1.12. The molecule has 0 radical (unpaired) electrons. The topological polar surface area (TPSA) is 18.5 Å². The molecule has 0 heterocycles. The molecule has 0 atom stereocenters. The second kappa shape index (κ2) is 38.0. The van der Waals surface area contributed by atoms with Crippen LogP contribution in [0.1, 0.15) is 27.7 Å². The third kappa shape index (κ3) is 61.9. The van der Waals surface area contributed by atoms with Gasteiger partial charge in [0.25, 0.3) is 0 Å². The van der Waals surface area contributed by atoms with E-state index in [4.69, 9.17) is 9.47 Å². The normalized spacial score (nSPS) is 6.46. The SMILES string of the molecule is CCOCC.CCOCC.[Cl-].[Cl-].[Zn+2]. The molecule has 0 amide bonds. The quantitative estimate of drug-likeness (QED) is 0.491. The van der Waals surface area contributed by atoms with Crippen molar-refractivity contribution in [3.63, 3.8) is 0 Å². The van der Waals surface area contributed by atoms with Crippen molar-refractivity contribution in [3.8, 4) is 0 Å². The van der Waals surface area contributed by atoms with Crippen LogP contribution in [0.4, 0.5) is 0 Å². The van der Waals surface area contributed by atoms with Gasteiger partial charge < -0.3 is 34.3 Å². The molecule has 0 fully saturated rings. The van der Waals surface area contributed by atoms with E-state index in [1.165, 1.54) is 0 Å². The van der Waals surface area contributed by atoms with Gasteiger partial charge in [0.15, 0.2) is 0 Å². The molecule has 0 rings (SSSR count). The minimum absolute atomic E-state index is 0. The van der Waals surface area contributed by atoms with E-state index < -0.39 is 0 Å². The van der Waals surface area contributed by atoms with Gasteiger partial charge in [0.2, 0.25) is 0 Å². The molecule has 0 aliphatic heterocycles. The predicted molar refractivity (Wildman–Crippen MR) is 44.3 cm³/mol. The Morgan fingerprint density at radius 1 is 0.615 bits per heavy atom. The van der Waals surface area contributed by atoms with Crippen LogP contribution in [-0.2, 0) is 29.0 Å². The van der Waals surface area contributed by atoms with Crippen LogP contribution >= 0.6 is 0 Å². The van der Waals surface area contributed by atoms with Crippen molar-refractivity contribution < 1.29 is 53.8 Å². The van der Waals surface area contributed by atoms with E-state index in [0.29, 0.717) is 0 Å². The van der Waals surface area contributed by atoms with Crippen LogP contribution in [0.2, 0.25) is 0 Å². The first kappa shape index (κ1) is 29.2. The van der Waals surface area contributed by atoms with E-state index in [1.54, 1.807) is 0 Å². The van der Waals surface area contributed by atoms with Crippen LogP contribution < -0.4 is 24.8 Å². The Labute approximate surface area is 108 Å². The van der Waals surface area contributed by atoms with Gasteiger partial charge in [0.1, 0.15) is 0 Å². The van der Waals surface area contributed by atoms with Gasteiger partial charge in [-0.25, -0.2) is 0 Å². The van der Waals surface area contributed by atoms with E-state index in [-0.39, 0.29) is 44.3 Å². The van der Waals surface area contributed by atoms with E-state index in [9.17, 15) is 0 Å². The van der Waals surface area contributed by atoms with Crippen molar-refractivity contribution >= 4 is 0 Å². The standard InChI is InChI=1S/2C4H10O.2ClH.Zn/c2*1-3-5-4-2;;;/h2*3-4H2,1-2H3;2*1H;/q;;;;+2/p-2. The first-order valence-electron chi connectivity index (χ1n) is 3.98. The van der Waals surface area contributed by atoms with Crippen molar-refractivity contribution in [2.75, 3.05) is 26.4 Å². The zero-order valence-corrected chi connectivity index (χ0v) is 13.6. The van der Waals surface area contributed by atoms with Gasteiger partial charge in [-0.2, -0.15) is 0 Å². The smallest absolute Gasteiger partial charge is 1.00 e. The maximum absolute atomic E-state index is 4.83. The molecule has 13 heavy (non-hydrogen) atoms. The molecule has 0 saturated heterocycles. The van der Waals surface area contributed by atoms with Crippen molar-refractivity contribution in [2.24, 2.45) is 0 Å². The minimum Gasteiger partial charge on any atom is -1.00 e. The molecule has 80 valence electrons. The molecule has 0 bridgehead atoms. The molecule has 5 heteroatoms. The zero-order valence-electron chi connectivity index (χ0n) is 9.11. The van der Waals surface area contributed by atoms with Crippen molar-refractivity contribution in [2.45, 2.75) is 27.7 Å². The monoisotopic (exact) mass is 282 g/mol. The van der Waals surface area contributed by atoms with Crippen molar-refractivity contribution in [3.05, 3.63) is 0 Å². The second-order valence-corrected chi connectivity index (χ2v) is 1.56. The van der Waals surface area contributed by atoms with Gasteiger partial charge in [0, 0.05) is 26.4 Å². The Morgan fingerprint density at radius 2 is 0.769 bits per heavy atom. The van der Waals surface area contributed by atoms with E-state index in [0.717, 1.165) is 26.4 Å². The van der Waals surface area contributed by atoms with E-state index in [1.807, 2.05) is 27.7 Å². The molecule has 0 spiro atoms. The Morgan fingerprint density at radius 3 is 0.769 bits per heavy atom.